The van der Waals surface area contributed by atoms with Crippen LogP contribution in [-0.4, -0.2) is 16.9 Å². The standard InChI is InChI=1S/C33H42O4/c1-30(2,3)25-17-22(18-26(27(25)34)31(4,5)6)29(36)37-19-21-12-10-20(11-13-21)16-23-24-14-15-33(9,28(23)35)32(24,7)8/h10-13,16-18,24,34H,14-15,19H2,1-9H3. The minimum absolute atomic E-state index is 0.00199. The van der Waals surface area contributed by atoms with Gasteiger partial charge in [0.05, 0.1) is 5.56 Å². The van der Waals surface area contributed by atoms with Crippen molar-refractivity contribution < 1.29 is 19.4 Å². The molecule has 0 aromatic heterocycles. The van der Waals surface area contributed by atoms with E-state index in [0.717, 1.165) is 40.7 Å². The Morgan fingerprint density at radius 3 is 2.00 bits per heavy atom. The molecular weight excluding hydrogens is 460 g/mol. The number of hydrogen-bond acceptors (Lipinski definition) is 4. The monoisotopic (exact) mass is 502 g/mol. The Balaban J connectivity index is 1.50. The fraction of sp³-hybridized carbons (Fsp3) is 0.515. The number of aromatic hydroxyl groups is 1. The quantitative estimate of drug-likeness (QED) is 0.343. The van der Waals surface area contributed by atoms with E-state index in [4.69, 9.17) is 4.74 Å². The third-order valence-corrected chi connectivity index (χ3v) is 9.00. The second-order valence-electron chi connectivity index (χ2n) is 13.8. The molecule has 198 valence electrons. The van der Waals surface area contributed by atoms with E-state index in [1.54, 1.807) is 12.1 Å². The number of ether oxygens (including phenoxy) is 1. The lowest BCUT2D eigenvalue weighted by Crippen LogP contribution is -2.32. The van der Waals surface area contributed by atoms with E-state index in [2.05, 4.69) is 20.8 Å². The fourth-order valence-electron chi connectivity index (χ4n) is 6.11. The molecule has 1 N–H and O–H groups in total. The number of hydrogen-bond donors (Lipinski definition) is 1. The fourth-order valence-corrected chi connectivity index (χ4v) is 6.11. The number of Topliss-reactive ketones (excluding diaryl/α,β-unsaturated/α-hetero) is 1. The Morgan fingerprint density at radius 1 is 1.00 bits per heavy atom. The van der Waals surface area contributed by atoms with E-state index in [1.165, 1.54) is 0 Å². The van der Waals surface area contributed by atoms with Crippen LogP contribution in [0.4, 0.5) is 0 Å². The summed E-state index contributed by atoms with van der Waals surface area (Å²) in [6.45, 7) is 18.8. The van der Waals surface area contributed by atoms with Crippen LogP contribution in [0.2, 0.25) is 0 Å². The topological polar surface area (TPSA) is 63.6 Å². The largest absolute Gasteiger partial charge is 0.507 e. The van der Waals surface area contributed by atoms with Crippen molar-refractivity contribution in [3.05, 3.63) is 69.8 Å². The molecule has 0 radical (unpaired) electrons. The predicted octanol–water partition coefficient (Wildman–Crippen LogP) is 7.75. The van der Waals surface area contributed by atoms with Gasteiger partial charge >= 0.3 is 5.97 Å². The lowest BCUT2D eigenvalue weighted by molar-refractivity contribution is -0.125. The number of carbonyl (C=O) groups excluding carboxylic acids is 2. The predicted molar refractivity (Wildman–Crippen MR) is 149 cm³/mol. The molecule has 2 fully saturated rings. The number of allylic oxidation sites excluding steroid dienone is 1. The van der Waals surface area contributed by atoms with Crippen LogP contribution in [0, 0.1) is 16.7 Å². The van der Waals surface area contributed by atoms with Crippen LogP contribution in [0.15, 0.2) is 42.0 Å². The summed E-state index contributed by atoms with van der Waals surface area (Å²) < 4.78 is 5.67. The summed E-state index contributed by atoms with van der Waals surface area (Å²) >= 11 is 0. The SMILES string of the molecule is CC(C)(C)c1cc(C(=O)OCc2ccc(C=C3C(=O)C4(C)CCC3C4(C)C)cc2)cc(C(C)(C)C)c1O. The lowest BCUT2D eigenvalue weighted by Gasteiger charge is -2.31. The van der Waals surface area contributed by atoms with Crippen molar-refractivity contribution >= 4 is 17.8 Å². The van der Waals surface area contributed by atoms with Crippen LogP contribution in [0.1, 0.15) is 108 Å². The summed E-state index contributed by atoms with van der Waals surface area (Å²) in [7, 11) is 0. The van der Waals surface area contributed by atoms with Gasteiger partial charge < -0.3 is 9.84 Å². The van der Waals surface area contributed by atoms with E-state index in [9.17, 15) is 14.7 Å². The maximum Gasteiger partial charge on any atom is 0.338 e. The van der Waals surface area contributed by atoms with Crippen LogP contribution in [0.3, 0.4) is 0 Å². The van der Waals surface area contributed by atoms with Crippen LogP contribution >= 0.6 is 0 Å². The highest BCUT2D eigenvalue weighted by Gasteiger charge is 2.63. The lowest BCUT2D eigenvalue weighted by atomic mass is 9.70. The summed E-state index contributed by atoms with van der Waals surface area (Å²) in [5.41, 5.74) is 3.84. The van der Waals surface area contributed by atoms with E-state index in [0.29, 0.717) is 17.3 Å². The molecule has 0 spiro atoms. The average Bonchev–Trinajstić information content (AvgIpc) is 3.10. The van der Waals surface area contributed by atoms with Crippen LogP contribution in [0.25, 0.3) is 6.08 Å². The molecule has 2 atom stereocenters. The van der Waals surface area contributed by atoms with E-state index in [-0.39, 0.29) is 34.0 Å². The number of rotatable bonds is 4. The zero-order chi connectivity index (χ0) is 27.6. The molecule has 2 bridgehead atoms. The molecule has 2 aliphatic rings. The maximum absolute atomic E-state index is 13.1. The number of fused-ring (bicyclic) bond motifs is 2. The van der Waals surface area contributed by atoms with Crippen molar-refractivity contribution in [2.75, 3.05) is 0 Å². The first-order chi connectivity index (χ1) is 17.0. The first-order valence-electron chi connectivity index (χ1n) is 13.4. The van der Waals surface area contributed by atoms with E-state index in [1.807, 2.05) is 71.9 Å². The second kappa shape index (κ2) is 8.85. The van der Waals surface area contributed by atoms with Gasteiger partial charge in [-0.15, -0.1) is 0 Å². The Hall–Kier alpha value is -2.88. The highest BCUT2D eigenvalue weighted by Crippen LogP contribution is 2.65. The molecule has 4 heteroatoms. The van der Waals surface area contributed by atoms with Crippen LogP contribution < -0.4 is 0 Å². The summed E-state index contributed by atoms with van der Waals surface area (Å²) in [5.74, 6) is 0.440. The van der Waals surface area contributed by atoms with Gasteiger partial charge in [-0.2, -0.15) is 0 Å². The molecule has 0 heterocycles. The van der Waals surface area contributed by atoms with Crippen molar-refractivity contribution in [2.24, 2.45) is 16.7 Å². The summed E-state index contributed by atoms with van der Waals surface area (Å²) in [6.07, 6.45) is 4.09. The van der Waals surface area contributed by atoms with Crippen molar-refractivity contribution in [1.29, 1.82) is 0 Å². The van der Waals surface area contributed by atoms with Gasteiger partial charge in [0.2, 0.25) is 0 Å². The molecule has 0 aliphatic heterocycles. The Bertz CT molecular complexity index is 1230. The maximum atomic E-state index is 13.1. The minimum Gasteiger partial charge on any atom is -0.507 e. The van der Waals surface area contributed by atoms with Gasteiger partial charge in [-0.1, -0.05) is 86.6 Å². The molecule has 37 heavy (non-hydrogen) atoms. The van der Waals surface area contributed by atoms with E-state index >= 15 is 0 Å². The average molecular weight is 503 g/mol. The molecule has 0 saturated heterocycles. The first kappa shape index (κ1) is 27.2. The van der Waals surface area contributed by atoms with Crippen LogP contribution in [0.5, 0.6) is 5.75 Å². The van der Waals surface area contributed by atoms with Crippen LogP contribution in [-0.2, 0) is 27.0 Å². The summed E-state index contributed by atoms with van der Waals surface area (Å²) in [5, 5.41) is 10.9. The molecule has 0 amide bonds. The molecule has 2 unspecified atom stereocenters. The molecule has 2 aromatic rings. The number of carbonyl (C=O) groups is 2. The first-order valence-corrected chi connectivity index (χ1v) is 13.4. The van der Waals surface area contributed by atoms with Crippen molar-refractivity contribution in [3.63, 3.8) is 0 Å². The molecular formula is C33H42O4. The van der Waals surface area contributed by atoms with E-state index < -0.39 is 5.97 Å². The number of phenolic OH excluding ortho intramolecular Hbond substituents is 1. The summed E-state index contributed by atoms with van der Waals surface area (Å²) in [4.78, 5) is 26.2. The minimum atomic E-state index is -0.412. The second-order valence-corrected chi connectivity index (χ2v) is 13.8. The van der Waals surface area contributed by atoms with Gasteiger partial charge in [-0.05, 0) is 69.9 Å². The number of phenols is 1. The smallest absolute Gasteiger partial charge is 0.338 e. The third kappa shape index (κ3) is 4.64. The molecule has 2 saturated carbocycles. The van der Waals surface area contributed by atoms with Gasteiger partial charge in [-0.3, -0.25) is 4.79 Å². The van der Waals surface area contributed by atoms with Gasteiger partial charge in [0, 0.05) is 16.5 Å². The van der Waals surface area contributed by atoms with Gasteiger partial charge in [0.1, 0.15) is 12.4 Å². The van der Waals surface area contributed by atoms with Crippen molar-refractivity contribution in [3.8, 4) is 5.75 Å². The van der Waals surface area contributed by atoms with Gasteiger partial charge in [-0.25, -0.2) is 4.79 Å². The Kier molecular flexibility index (Phi) is 6.50. The highest BCUT2D eigenvalue weighted by atomic mass is 16.5. The Labute approximate surface area is 222 Å². The number of esters is 1. The zero-order valence-corrected chi connectivity index (χ0v) is 23.9. The summed E-state index contributed by atoms with van der Waals surface area (Å²) in [6, 6.07) is 11.4. The molecule has 2 aromatic carbocycles. The highest BCUT2D eigenvalue weighted by molar-refractivity contribution is 6.07. The molecule has 2 aliphatic carbocycles. The number of benzene rings is 2. The molecule has 4 nitrogen and oxygen atoms in total. The van der Waals surface area contributed by atoms with Gasteiger partial charge in [0.15, 0.2) is 5.78 Å². The number of ketones is 1. The normalized spacial score (nSPS) is 24.1. The molecule has 4 rings (SSSR count). The Morgan fingerprint density at radius 2 is 1.54 bits per heavy atom. The van der Waals surface area contributed by atoms with Gasteiger partial charge in [0.25, 0.3) is 0 Å². The van der Waals surface area contributed by atoms with Crippen molar-refractivity contribution in [2.45, 2.75) is 92.6 Å². The van der Waals surface area contributed by atoms with Crippen molar-refractivity contribution in [1.82, 2.24) is 0 Å². The third-order valence-electron chi connectivity index (χ3n) is 9.00. The zero-order valence-electron chi connectivity index (χ0n) is 23.9.